The molecule has 8 nitrogen and oxygen atoms in total. The molecule has 5 rings (SSSR count). The lowest BCUT2D eigenvalue weighted by molar-refractivity contribution is 0.0678. The van der Waals surface area contributed by atoms with Crippen LogP contribution in [0, 0.1) is 5.92 Å². The van der Waals surface area contributed by atoms with E-state index in [0.717, 1.165) is 31.1 Å². The fourth-order valence-electron chi connectivity index (χ4n) is 4.46. The number of likely N-dealkylation sites (tertiary alicyclic amines) is 1. The van der Waals surface area contributed by atoms with E-state index in [-0.39, 0.29) is 17.7 Å². The van der Waals surface area contributed by atoms with Crippen LogP contribution < -0.4 is 4.90 Å². The van der Waals surface area contributed by atoms with Crippen LogP contribution in [0.3, 0.4) is 0 Å². The Morgan fingerprint density at radius 1 is 1.10 bits per heavy atom. The van der Waals surface area contributed by atoms with Gasteiger partial charge in [0.25, 0.3) is 5.91 Å². The van der Waals surface area contributed by atoms with Gasteiger partial charge < -0.3 is 9.80 Å². The zero-order valence-electron chi connectivity index (χ0n) is 16.6. The lowest BCUT2D eigenvalue weighted by Crippen LogP contribution is -2.50. The standard InChI is InChI=1S/C21H22N6O2S/c1-14(28)17-13-30-21(24-17)26-11-7-15-6-10-25(12-19(15)26)20(29)16-4-2-3-5-18(16)27-22-8-9-23-27/h2-5,8-9,13,15,19H,6-7,10-12H2,1H3/t15-,19-/m0/s1. The number of benzene rings is 1. The summed E-state index contributed by atoms with van der Waals surface area (Å²) in [6, 6.07) is 7.67. The Morgan fingerprint density at radius 3 is 2.63 bits per heavy atom. The fraction of sp³-hybridized carbons (Fsp3) is 0.381. The zero-order chi connectivity index (χ0) is 20.7. The fourth-order valence-corrected chi connectivity index (χ4v) is 5.41. The lowest BCUT2D eigenvalue weighted by atomic mass is 9.92. The van der Waals surface area contributed by atoms with Crippen LogP contribution in [-0.4, -0.2) is 62.2 Å². The van der Waals surface area contributed by atoms with Gasteiger partial charge in [-0.3, -0.25) is 9.59 Å². The van der Waals surface area contributed by atoms with Gasteiger partial charge in [-0.1, -0.05) is 12.1 Å². The van der Waals surface area contributed by atoms with E-state index in [0.29, 0.717) is 29.4 Å². The van der Waals surface area contributed by atoms with Crippen molar-refractivity contribution in [2.75, 3.05) is 24.5 Å². The third-order valence-electron chi connectivity index (χ3n) is 6.02. The van der Waals surface area contributed by atoms with E-state index in [1.807, 2.05) is 34.5 Å². The summed E-state index contributed by atoms with van der Waals surface area (Å²) in [6.45, 7) is 3.85. The second kappa shape index (κ2) is 7.64. The minimum absolute atomic E-state index is 0.00300. The van der Waals surface area contributed by atoms with E-state index in [2.05, 4.69) is 20.1 Å². The van der Waals surface area contributed by atoms with Crippen molar-refractivity contribution in [1.82, 2.24) is 24.9 Å². The molecule has 2 fully saturated rings. The summed E-state index contributed by atoms with van der Waals surface area (Å²) in [5.74, 6) is 0.524. The van der Waals surface area contributed by atoms with Crippen LogP contribution in [0.2, 0.25) is 0 Å². The van der Waals surface area contributed by atoms with Crippen molar-refractivity contribution < 1.29 is 9.59 Å². The van der Waals surface area contributed by atoms with Gasteiger partial charge in [-0.2, -0.15) is 15.0 Å². The summed E-state index contributed by atoms with van der Waals surface area (Å²) < 4.78 is 0. The number of amides is 1. The number of hydrogen-bond donors (Lipinski definition) is 0. The number of Topliss-reactive ketones (excluding diaryl/α,β-unsaturated/α-hetero) is 1. The number of hydrogen-bond acceptors (Lipinski definition) is 7. The Bertz CT molecular complexity index is 1080. The Hall–Kier alpha value is -3.07. The van der Waals surface area contributed by atoms with Crippen LogP contribution >= 0.6 is 11.3 Å². The largest absolute Gasteiger partial charge is 0.343 e. The molecule has 2 atom stereocenters. The monoisotopic (exact) mass is 422 g/mol. The number of carbonyl (C=O) groups excluding carboxylic acids is 2. The summed E-state index contributed by atoms with van der Waals surface area (Å²) in [4.78, 5) is 35.3. The predicted octanol–water partition coefficient (Wildman–Crippen LogP) is 2.67. The first-order chi connectivity index (χ1) is 14.6. The van der Waals surface area contributed by atoms with Gasteiger partial charge in [-0.05, 0) is 30.9 Å². The summed E-state index contributed by atoms with van der Waals surface area (Å²) in [7, 11) is 0. The summed E-state index contributed by atoms with van der Waals surface area (Å²) >= 11 is 1.51. The van der Waals surface area contributed by atoms with Gasteiger partial charge in [0.15, 0.2) is 10.9 Å². The maximum Gasteiger partial charge on any atom is 0.256 e. The van der Waals surface area contributed by atoms with Crippen molar-refractivity contribution in [2.24, 2.45) is 5.92 Å². The van der Waals surface area contributed by atoms with Crippen molar-refractivity contribution in [1.29, 1.82) is 0 Å². The molecule has 0 saturated carbocycles. The van der Waals surface area contributed by atoms with Crippen molar-refractivity contribution >= 4 is 28.2 Å². The minimum Gasteiger partial charge on any atom is -0.343 e. The van der Waals surface area contributed by atoms with E-state index < -0.39 is 0 Å². The van der Waals surface area contributed by atoms with E-state index in [1.165, 1.54) is 16.1 Å². The second-order valence-electron chi connectivity index (χ2n) is 7.76. The van der Waals surface area contributed by atoms with Gasteiger partial charge in [-0.25, -0.2) is 4.98 Å². The topological polar surface area (TPSA) is 84.2 Å². The van der Waals surface area contributed by atoms with Crippen molar-refractivity contribution in [3.63, 3.8) is 0 Å². The number of aromatic nitrogens is 4. The minimum atomic E-state index is -0.0162. The molecule has 4 heterocycles. The van der Waals surface area contributed by atoms with Gasteiger partial charge in [-0.15, -0.1) is 11.3 Å². The van der Waals surface area contributed by atoms with E-state index in [1.54, 1.807) is 19.3 Å². The number of anilines is 1. The molecule has 0 radical (unpaired) electrons. The third-order valence-corrected chi connectivity index (χ3v) is 6.89. The van der Waals surface area contributed by atoms with Crippen molar-refractivity contribution in [3.05, 3.63) is 53.3 Å². The molecule has 9 heteroatoms. The highest BCUT2D eigenvalue weighted by molar-refractivity contribution is 7.14. The van der Waals surface area contributed by atoms with Crippen LogP contribution in [0.5, 0.6) is 0 Å². The van der Waals surface area contributed by atoms with E-state index in [4.69, 9.17) is 0 Å². The lowest BCUT2D eigenvalue weighted by Gasteiger charge is -2.38. The average molecular weight is 423 g/mol. The molecule has 2 aliphatic heterocycles. The summed E-state index contributed by atoms with van der Waals surface area (Å²) in [5, 5.41) is 11.1. The highest BCUT2D eigenvalue weighted by Crippen LogP contribution is 2.37. The van der Waals surface area contributed by atoms with Crippen LogP contribution in [0.25, 0.3) is 5.69 Å². The first-order valence-electron chi connectivity index (χ1n) is 10.1. The molecule has 3 aromatic rings. The molecular formula is C21H22N6O2S. The normalized spacial score (nSPS) is 21.0. The number of carbonyl (C=O) groups is 2. The van der Waals surface area contributed by atoms with Crippen LogP contribution in [0.15, 0.2) is 42.0 Å². The Kier molecular flexibility index (Phi) is 4.82. The highest BCUT2D eigenvalue weighted by Gasteiger charge is 2.41. The van der Waals surface area contributed by atoms with Gasteiger partial charge in [0.05, 0.1) is 29.7 Å². The predicted molar refractivity (Wildman–Crippen MR) is 113 cm³/mol. The molecule has 0 bridgehead atoms. The molecule has 0 unspecified atom stereocenters. The zero-order valence-corrected chi connectivity index (χ0v) is 17.5. The van der Waals surface area contributed by atoms with E-state index in [9.17, 15) is 9.59 Å². The highest BCUT2D eigenvalue weighted by atomic mass is 32.1. The molecule has 0 N–H and O–H groups in total. The Morgan fingerprint density at radius 2 is 1.87 bits per heavy atom. The smallest absolute Gasteiger partial charge is 0.256 e. The average Bonchev–Trinajstić information content (AvgIpc) is 3.53. The Balaban J connectivity index is 1.39. The molecule has 2 aliphatic rings. The molecule has 1 amide bonds. The number of piperidine rings is 1. The van der Waals surface area contributed by atoms with Gasteiger partial charge in [0, 0.05) is 31.9 Å². The molecular weight excluding hydrogens is 400 g/mol. The van der Waals surface area contributed by atoms with Crippen LogP contribution in [0.1, 0.15) is 40.6 Å². The van der Waals surface area contributed by atoms with Gasteiger partial charge in [0.2, 0.25) is 0 Å². The number of nitrogens with zero attached hydrogens (tertiary/aromatic N) is 6. The third kappa shape index (κ3) is 3.28. The van der Waals surface area contributed by atoms with Crippen LogP contribution in [-0.2, 0) is 0 Å². The van der Waals surface area contributed by atoms with Crippen LogP contribution in [0.4, 0.5) is 5.13 Å². The molecule has 1 aromatic carbocycles. The summed E-state index contributed by atoms with van der Waals surface area (Å²) in [6.07, 6.45) is 5.27. The SMILES string of the molecule is CC(=O)c1csc(N2CC[C@@H]3CCN(C(=O)c4ccccc4-n4nccn4)C[C@@H]32)n1. The Labute approximate surface area is 178 Å². The maximum atomic E-state index is 13.4. The first kappa shape index (κ1) is 18.9. The maximum absolute atomic E-state index is 13.4. The van der Waals surface area contributed by atoms with Gasteiger partial charge >= 0.3 is 0 Å². The van der Waals surface area contributed by atoms with Crippen molar-refractivity contribution in [3.8, 4) is 5.69 Å². The number of para-hydroxylation sites is 1. The second-order valence-corrected chi connectivity index (χ2v) is 8.59. The quantitative estimate of drug-likeness (QED) is 0.601. The summed E-state index contributed by atoms with van der Waals surface area (Å²) in [5.41, 5.74) is 1.80. The molecule has 2 aromatic heterocycles. The van der Waals surface area contributed by atoms with Crippen molar-refractivity contribution in [2.45, 2.75) is 25.8 Å². The number of fused-ring (bicyclic) bond motifs is 1. The number of ketones is 1. The first-order valence-corrected chi connectivity index (χ1v) is 11.0. The molecule has 2 saturated heterocycles. The van der Waals surface area contributed by atoms with E-state index >= 15 is 0 Å². The molecule has 154 valence electrons. The molecule has 30 heavy (non-hydrogen) atoms. The number of thiazole rings is 1. The van der Waals surface area contributed by atoms with Gasteiger partial charge in [0.1, 0.15) is 5.69 Å². The molecule has 0 spiro atoms. The molecule has 0 aliphatic carbocycles. The number of rotatable bonds is 4.